The van der Waals surface area contributed by atoms with Crippen LogP contribution in [-0.4, -0.2) is 19.3 Å². The van der Waals surface area contributed by atoms with Crippen LogP contribution in [0.5, 0.6) is 11.5 Å². The van der Waals surface area contributed by atoms with Gasteiger partial charge in [0, 0.05) is 12.5 Å². The molecule has 3 nitrogen and oxygen atoms in total. The molecule has 1 fully saturated rings. The van der Waals surface area contributed by atoms with Crippen molar-refractivity contribution in [2.75, 3.05) is 14.2 Å². The van der Waals surface area contributed by atoms with E-state index in [4.69, 9.17) is 9.47 Å². The van der Waals surface area contributed by atoms with Crippen LogP contribution in [-0.2, 0) is 11.5 Å². The Morgan fingerprint density at radius 3 is 2.06 bits per heavy atom. The van der Waals surface area contributed by atoms with Crippen LogP contribution in [0.15, 0.2) is 12.1 Å². The molecule has 0 atom stereocenters. The Balaban J connectivity index is 2.62. The molecule has 1 aliphatic carbocycles. The van der Waals surface area contributed by atoms with Crippen LogP contribution in [0.1, 0.15) is 30.9 Å². The van der Waals surface area contributed by atoms with Crippen LogP contribution in [0, 0.1) is 0 Å². The van der Waals surface area contributed by atoms with E-state index in [2.05, 4.69) is 0 Å². The van der Waals surface area contributed by atoms with E-state index < -0.39 is 11.5 Å². The molecule has 18 heavy (non-hydrogen) atoms. The van der Waals surface area contributed by atoms with Crippen molar-refractivity contribution >= 4 is 0 Å². The molecule has 0 bridgehead atoms. The molecule has 0 heterocycles. The zero-order valence-corrected chi connectivity index (χ0v) is 10.6. The fourth-order valence-electron chi connectivity index (χ4n) is 2.01. The summed E-state index contributed by atoms with van der Waals surface area (Å²) in [7, 11) is 2.82. The molecule has 0 saturated heterocycles. The van der Waals surface area contributed by atoms with Crippen molar-refractivity contribution in [3.05, 3.63) is 23.3 Å². The fourth-order valence-corrected chi connectivity index (χ4v) is 2.01. The molecule has 0 amide bonds. The van der Waals surface area contributed by atoms with Gasteiger partial charge in [0.2, 0.25) is 0 Å². The zero-order chi connectivity index (χ0) is 13.6. The maximum atomic E-state index is 13.6. The van der Waals surface area contributed by atoms with Gasteiger partial charge in [-0.2, -0.15) is 0 Å². The first-order valence-electron chi connectivity index (χ1n) is 5.69. The highest BCUT2D eigenvalue weighted by atomic mass is 19.3. The van der Waals surface area contributed by atoms with E-state index in [0.29, 0.717) is 18.6 Å². The minimum atomic E-state index is -3.03. The molecule has 1 aromatic rings. The Labute approximate surface area is 104 Å². The normalized spacial score (nSPS) is 17.4. The molecule has 1 aliphatic rings. The molecule has 1 saturated carbocycles. The number of rotatable bonds is 4. The quantitative estimate of drug-likeness (QED) is 0.902. The Hall–Kier alpha value is -1.36. The zero-order valence-electron chi connectivity index (χ0n) is 10.6. The van der Waals surface area contributed by atoms with Gasteiger partial charge in [0.1, 0.15) is 0 Å². The van der Waals surface area contributed by atoms with Gasteiger partial charge in [-0.1, -0.05) is 0 Å². The van der Waals surface area contributed by atoms with Gasteiger partial charge in [0.25, 0.3) is 5.92 Å². The molecule has 1 aromatic carbocycles. The van der Waals surface area contributed by atoms with Crippen LogP contribution in [0.3, 0.4) is 0 Å². The third-order valence-corrected chi connectivity index (χ3v) is 3.22. The second-order valence-corrected chi connectivity index (χ2v) is 4.67. The molecule has 0 unspecified atom stereocenters. The average Bonchev–Trinajstić information content (AvgIpc) is 3.05. The molecular weight excluding hydrogens is 242 g/mol. The Morgan fingerprint density at radius 1 is 1.17 bits per heavy atom. The Kier molecular flexibility index (Phi) is 2.97. The number of aliphatic hydroxyl groups is 1. The van der Waals surface area contributed by atoms with Crippen molar-refractivity contribution in [1.82, 2.24) is 0 Å². The molecule has 1 N–H and O–H groups in total. The lowest BCUT2D eigenvalue weighted by molar-refractivity contribution is 0.0122. The summed E-state index contributed by atoms with van der Waals surface area (Å²) in [4.78, 5) is 0. The van der Waals surface area contributed by atoms with Gasteiger partial charge in [0.05, 0.1) is 19.8 Å². The second-order valence-electron chi connectivity index (χ2n) is 4.67. The minimum Gasteiger partial charge on any atom is -0.493 e. The summed E-state index contributed by atoms with van der Waals surface area (Å²) >= 11 is 0. The largest absolute Gasteiger partial charge is 0.493 e. The SMILES string of the molecule is COc1cc(C(C)(F)F)c(C2(O)CC2)cc1OC. The predicted octanol–water partition coefficient (Wildman–Crippen LogP) is 2.80. The molecule has 2 rings (SSSR count). The first-order chi connectivity index (χ1) is 8.31. The summed E-state index contributed by atoms with van der Waals surface area (Å²) in [5, 5.41) is 10.1. The van der Waals surface area contributed by atoms with E-state index in [0.717, 1.165) is 6.92 Å². The number of ether oxygens (including phenoxy) is 2. The summed E-state index contributed by atoms with van der Waals surface area (Å²) in [5.74, 6) is -2.45. The van der Waals surface area contributed by atoms with Gasteiger partial charge in [-0.25, -0.2) is 8.78 Å². The van der Waals surface area contributed by atoms with Crippen molar-refractivity contribution in [2.24, 2.45) is 0 Å². The summed E-state index contributed by atoms with van der Waals surface area (Å²) in [5.41, 5.74) is -1.12. The monoisotopic (exact) mass is 258 g/mol. The molecule has 100 valence electrons. The maximum absolute atomic E-state index is 13.6. The average molecular weight is 258 g/mol. The molecule has 0 aliphatic heterocycles. The van der Waals surface area contributed by atoms with Crippen molar-refractivity contribution < 1.29 is 23.4 Å². The maximum Gasteiger partial charge on any atom is 0.271 e. The molecule has 0 aromatic heterocycles. The second kappa shape index (κ2) is 4.09. The molecule has 0 radical (unpaired) electrons. The van der Waals surface area contributed by atoms with E-state index in [1.54, 1.807) is 0 Å². The Bertz CT molecular complexity index is 430. The van der Waals surface area contributed by atoms with E-state index in [9.17, 15) is 13.9 Å². The lowest BCUT2D eigenvalue weighted by Gasteiger charge is -2.21. The van der Waals surface area contributed by atoms with E-state index in [1.807, 2.05) is 0 Å². The topological polar surface area (TPSA) is 38.7 Å². The van der Waals surface area contributed by atoms with E-state index in [-0.39, 0.29) is 16.9 Å². The Morgan fingerprint density at radius 2 is 1.67 bits per heavy atom. The number of halogens is 2. The summed E-state index contributed by atoms with van der Waals surface area (Å²) in [6.07, 6.45) is 0.983. The number of alkyl halides is 2. The predicted molar refractivity (Wildman–Crippen MR) is 62.2 cm³/mol. The summed E-state index contributed by atoms with van der Waals surface area (Å²) in [6.45, 7) is 0.809. The molecule has 5 heteroatoms. The lowest BCUT2D eigenvalue weighted by atomic mass is 9.95. The highest BCUT2D eigenvalue weighted by Gasteiger charge is 2.47. The van der Waals surface area contributed by atoms with E-state index in [1.165, 1.54) is 26.4 Å². The van der Waals surface area contributed by atoms with Crippen molar-refractivity contribution in [3.63, 3.8) is 0 Å². The first-order valence-corrected chi connectivity index (χ1v) is 5.69. The highest BCUT2D eigenvalue weighted by molar-refractivity contribution is 5.51. The van der Waals surface area contributed by atoms with E-state index >= 15 is 0 Å². The number of benzene rings is 1. The smallest absolute Gasteiger partial charge is 0.271 e. The molecule has 0 spiro atoms. The third-order valence-electron chi connectivity index (χ3n) is 3.22. The van der Waals surface area contributed by atoms with Gasteiger partial charge in [-0.3, -0.25) is 0 Å². The summed E-state index contributed by atoms with van der Waals surface area (Å²) in [6, 6.07) is 2.68. The van der Waals surface area contributed by atoms with Crippen LogP contribution < -0.4 is 9.47 Å². The molecular formula is C13H16F2O3. The minimum absolute atomic E-state index is 0.208. The van der Waals surface area contributed by atoms with Crippen LogP contribution in [0.25, 0.3) is 0 Å². The van der Waals surface area contributed by atoms with Gasteiger partial charge < -0.3 is 14.6 Å². The van der Waals surface area contributed by atoms with Gasteiger partial charge in [-0.15, -0.1) is 0 Å². The number of hydrogen-bond donors (Lipinski definition) is 1. The number of hydrogen-bond acceptors (Lipinski definition) is 3. The van der Waals surface area contributed by atoms with Crippen molar-refractivity contribution in [3.8, 4) is 11.5 Å². The fraction of sp³-hybridized carbons (Fsp3) is 0.538. The van der Waals surface area contributed by atoms with Crippen molar-refractivity contribution in [2.45, 2.75) is 31.3 Å². The van der Waals surface area contributed by atoms with Crippen molar-refractivity contribution in [1.29, 1.82) is 0 Å². The van der Waals surface area contributed by atoms with Crippen LogP contribution in [0.2, 0.25) is 0 Å². The number of methoxy groups -OCH3 is 2. The van der Waals surface area contributed by atoms with Gasteiger partial charge in [-0.05, 0) is 30.5 Å². The summed E-state index contributed by atoms with van der Waals surface area (Å²) < 4.78 is 37.3. The third kappa shape index (κ3) is 2.14. The van der Waals surface area contributed by atoms with Crippen LogP contribution >= 0.6 is 0 Å². The lowest BCUT2D eigenvalue weighted by Crippen LogP contribution is -2.17. The van der Waals surface area contributed by atoms with Crippen LogP contribution in [0.4, 0.5) is 8.78 Å². The van der Waals surface area contributed by atoms with Gasteiger partial charge in [0.15, 0.2) is 11.5 Å². The highest BCUT2D eigenvalue weighted by Crippen LogP contribution is 2.51. The van der Waals surface area contributed by atoms with Gasteiger partial charge >= 0.3 is 0 Å². The first kappa shape index (κ1) is 13.1. The standard InChI is InChI=1S/C13H16F2O3/c1-12(14,15)8-6-10(17-2)11(18-3)7-9(8)13(16)4-5-13/h6-7,16H,4-5H2,1-3H3.